The number of benzene rings is 1. The summed E-state index contributed by atoms with van der Waals surface area (Å²) >= 11 is 6.33. The van der Waals surface area contributed by atoms with Crippen molar-refractivity contribution in [3.8, 4) is 17.0 Å². The molecule has 1 aromatic carbocycles. The fourth-order valence-corrected chi connectivity index (χ4v) is 2.62. The molecule has 0 atom stereocenters. The van der Waals surface area contributed by atoms with E-state index in [-0.39, 0.29) is 16.7 Å². The zero-order valence-electron chi connectivity index (χ0n) is 19.8. The highest BCUT2D eigenvalue weighted by atomic mass is 35.5. The van der Waals surface area contributed by atoms with Gasteiger partial charge >= 0.3 is 12.2 Å². The number of alkyl carbamates (subject to hydrolysis) is 2. The second-order valence-electron chi connectivity index (χ2n) is 8.96. The van der Waals surface area contributed by atoms with E-state index in [0.717, 1.165) is 0 Å². The van der Waals surface area contributed by atoms with Crippen LogP contribution in [-0.4, -0.2) is 41.4 Å². The Balaban J connectivity index is 2.41. The van der Waals surface area contributed by atoms with Crippen LogP contribution in [0.2, 0.25) is 5.02 Å². The first-order valence-corrected chi connectivity index (χ1v) is 10.5. The van der Waals surface area contributed by atoms with Crippen molar-refractivity contribution in [1.82, 2.24) is 15.6 Å². The number of nitrogens with one attached hydrogen (secondary N) is 2. The number of guanidine groups is 1. The number of nitrogens with zero attached hydrogens (tertiary/aromatic N) is 2. The third kappa shape index (κ3) is 8.97. The van der Waals surface area contributed by atoms with Crippen LogP contribution in [0.1, 0.15) is 41.5 Å². The smallest absolute Gasteiger partial charge is 0.414 e. The van der Waals surface area contributed by atoms with Gasteiger partial charge in [-0.2, -0.15) is 0 Å². The summed E-state index contributed by atoms with van der Waals surface area (Å²) in [5.74, 6) is 0.426. The molecule has 10 heteroatoms. The van der Waals surface area contributed by atoms with Crippen molar-refractivity contribution in [2.24, 2.45) is 4.99 Å². The monoisotopic (exact) mass is 476 g/mol. The average Bonchev–Trinajstić information content (AvgIpc) is 2.66. The quantitative estimate of drug-likeness (QED) is 0.450. The second kappa shape index (κ2) is 10.5. The van der Waals surface area contributed by atoms with Gasteiger partial charge in [0.1, 0.15) is 17.0 Å². The number of hydrogen-bond acceptors (Lipinski definition) is 7. The lowest BCUT2D eigenvalue weighted by atomic mass is 10.1. The number of carbonyl (C=O) groups is 2. The summed E-state index contributed by atoms with van der Waals surface area (Å²) in [4.78, 5) is 33.3. The minimum absolute atomic E-state index is 0.212. The topological polar surface area (TPSA) is 111 Å². The molecule has 178 valence electrons. The number of rotatable bonds is 3. The largest absolute Gasteiger partial charge is 0.497 e. The van der Waals surface area contributed by atoms with Gasteiger partial charge in [-0.1, -0.05) is 17.7 Å². The highest BCUT2D eigenvalue weighted by Gasteiger charge is 2.21. The number of amides is 2. The zero-order chi connectivity index (χ0) is 24.8. The lowest BCUT2D eigenvalue weighted by molar-refractivity contribution is 0.0545. The van der Waals surface area contributed by atoms with Gasteiger partial charge in [-0.3, -0.25) is 15.6 Å². The van der Waals surface area contributed by atoms with E-state index in [2.05, 4.69) is 20.6 Å². The van der Waals surface area contributed by atoms with Crippen LogP contribution < -0.4 is 15.4 Å². The molecule has 2 N–H and O–H groups in total. The maximum Gasteiger partial charge on any atom is 0.414 e. The van der Waals surface area contributed by atoms with Gasteiger partial charge in [0, 0.05) is 17.8 Å². The summed E-state index contributed by atoms with van der Waals surface area (Å²) in [6, 6.07) is 8.56. The molecule has 33 heavy (non-hydrogen) atoms. The number of halogens is 1. The number of carbonyl (C=O) groups excluding carboxylic acids is 2. The molecule has 1 aromatic heterocycles. The first-order valence-electron chi connectivity index (χ1n) is 10.1. The van der Waals surface area contributed by atoms with E-state index in [1.54, 1.807) is 85.2 Å². The predicted molar refractivity (Wildman–Crippen MR) is 127 cm³/mol. The molecular formula is C23H29ClN4O5. The molecule has 0 bridgehead atoms. The van der Waals surface area contributed by atoms with Crippen LogP contribution in [0.5, 0.6) is 5.75 Å². The Morgan fingerprint density at radius 2 is 1.52 bits per heavy atom. The summed E-state index contributed by atoms with van der Waals surface area (Å²) < 4.78 is 15.8. The van der Waals surface area contributed by atoms with Crippen molar-refractivity contribution >= 4 is 35.4 Å². The van der Waals surface area contributed by atoms with Gasteiger partial charge in [0.15, 0.2) is 0 Å². The highest BCUT2D eigenvalue weighted by molar-refractivity contribution is 6.33. The van der Waals surface area contributed by atoms with Gasteiger partial charge in [0.2, 0.25) is 5.96 Å². The third-order valence-corrected chi connectivity index (χ3v) is 4.00. The van der Waals surface area contributed by atoms with Crippen LogP contribution >= 0.6 is 11.6 Å². The molecule has 0 saturated heterocycles. The summed E-state index contributed by atoms with van der Waals surface area (Å²) in [6.07, 6.45) is 0.00346. The SMILES string of the molecule is COc1ccnc(-c2ccc(Cl)c(N=C(NC(=O)OC(C)(C)C)NC(=O)OC(C)(C)C)c2)c1. The summed E-state index contributed by atoms with van der Waals surface area (Å²) in [5.41, 5.74) is 0.101. The minimum Gasteiger partial charge on any atom is -0.497 e. The van der Waals surface area contributed by atoms with Gasteiger partial charge in [-0.15, -0.1) is 0 Å². The Hall–Kier alpha value is -3.33. The molecule has 0 fully saturated rings. The number of pyridine rings is 1. The van der Waals surface area contributed by atoms with Crippen LogP contribution in [0, 0.1) is 0 Å². The molecule has 0 unspecified atom stereocenters. The molecule has 1 heterocycles. The molecule has 0 aliphatic carbocycles. The summed E-state index contributed by atoms with van der Waals surface area (Å²) in [7, 11) is 1.56. The van der Waals surface area contributed by atoms with E-state index in [1.165, 1.54) is 0 Å². The molecule has 2 rings (SSSR count). The molecular weight excluding hydrogens is 448 g/mol. The molecule has 0 aliphatic heterocycles. The minimum atomic E-state index is -0.806. The Labute approximate surface area is 198 Å². The van der Waals surface area contributed by atoms with Crippen molar-refractivity contribution < 1.29 is 23.8 Å². The molecule has 0 spiro atoms. The lowest BCUT2D eigenvalue weighted by Gasteiger charge is -2.22. The fraction of sp³-hybridized carbons (Fsp3) is 0.391. The average molecular weight is 477 g/mol. The van der Waals surface area contributed by atoms with Crippen molar-refractivity contribution in [2.45, 2.75) is 52.7 Å². The van der Waals surface area contributed by atoms with E-state index >= 15 is 0 Å². The predicted octanol–water partition coefficient (Wildman–Crippen LogP) is 5.45. The first-order chi connectivity index (χ1) is 15.3. The molecule has 0 aliphatic rings. The first kappa shape index (κ1) is 25.9. The third-order valence-electron chi connectivity index (χ3n) is 3.68. The van der Waals surface area contributed by atoms with Gasteiger partial charge in [0.25, 0.3) is 0 Å². The lowest BCUT2D eigenvalue weighted by Crippen LogP contribution is -2.47. The van der Waals surface area contributed by atoms with E-state index < -0.39 is 23.4 Å². The Kier molecular flexibility index (Phi) is 8.27. The van der Waals surface area contributed by atoms with Gasteiger partial charge in [0.05, 0.1) is 23.5 Å². The fourth-order valence-electron chi connectivity index (χ4n) is 2.46. The Bertz CT molecular complexity index is 1010. The maximum atomic E-state index is 12.3. The van der Waals surface area contributed by atoms with E-state index in [4.69, 9.17) is 25.8 Å². The van der Waals surface area contributed by atoms with Crippen molar-refractivity contribution in [3.63, 3.8) is 0 Å². The van der Waals surface area contributed by atoms with Crippen LogP contribution in [-0.2, 0) is 9.47 Å². The zero-order valence-corrected chi connectivity index (χ0v) is 20.5. The van der Waals surface area contributed by atoms with Gasteiger partial charge in [-0.05, 0) is 59.7 Å². The number of aliphatic imine (C=N–C) groups is 1. The van der Waals surface area contributed by atoms with Crippen molar-refractivity contribution in [3.05, 3.63) is 41.6 Å². The van der Waals surface area contributed by atoms with Crippen LogP contribution in [0.15, 0.2) is 41.5 Å². The number of ether oxygens (including phenoxy) is 3. The molecule has 0 radical (unpaired) electrons. The van der Waals surface area contributed by atoms with Gasteiger partial charge in [-0.25, -0.2) is 14.6 Å². The summed E-state index contributed by atoms with van der Waals surface area (Å²) in [6.45, 7) is 10.3. The van der Waals surface area contributed by atoms with Crippen molar-refractivity contribution in [1.29, 1.82) is 0 Å². The number of aromatic nitrogens is 1. The van der Waals surface area contributed by atoms with Crippen LogP contribution in [0.25, 0.3) is 11.3 Å². The van der Waals surface area contributed by atoms with E-state index in [1.807, 2.05) is 0 Å². The van der Waals surface area contributed by atoms with Crippen LogP contribution in [0.3, 0.4) is 0 Å². The van der Waals surface area contributed by atoms with E-state index in [0.29, 0.717) is 17.0 Å². The van der Waals surface area contributed by atoms with Crippen LogP contribution in [0.4, 0.5) is 15.3 Å². The molecule has 2 aromatic rings. The highest BCUT2D eigenvalue weighted by Crippen LogP contribution is 2.31. The van der Waals surface area contributed by atoms with Gasteiger partial charge < -0.3 is 14.2 Å². The molecule has 0 saturated carbocycles. The molecule has 9 nitrogen and oxygen atoms in total. The van der Waals surface area contributed by atoms with Crippen molar-refractivity contribution in [2.75, 3.05) is 7.11 Å². The number of methoxy groups -OCH3 is 1. The Morgan fingerprint density at radius 1 is 0.939 bits per heavy atom. The molecule has 2 amide bonds. The summed E-state index contributed by atoms with van der Waals surface area (Å²) in [5, 5.41) is 5.14. The standard InChI is InChI=1S/C23H29ClN4O5/c1-22(2,3)32-20(29)27-19(28-21(30)33-23(4,5)6)26-18-12-14(8-9-16(18)24)17-13-15(31-7)10-11-25-17/h8-13H,1-7H3,(H2,26,27,28,29,30). The Morgan fingerprint density at radius 3 is 2.03 bits per heavy atom. The number of hydrogen-bond donors (Lipinski definition) is 2. The normalized spacial score (nSPS) is 11.3. The second-order valence-corrected chi connectivity index (χ2v) is 9.37. The maximum absolute atomic E-state index is 12.3. The van der Waals surface area contributed by atoms with E-state index in [9.17, 15) is 9.59 Å².